The Morgan fingerprint density at radius 2 is 1.44 bits per heavy atom. The SMILES string of the molecule is CCOC(=O)OC(OC(C(=O)OC1CC2CCC(C1)[N+]21CCCC1)(c1ccccc1)c1ccccc1)C1CCC1.O=C[O-]. The normalized spacial score (nSPS) is 24.6. The zero-order chi connectivity index (χ0) is 30.3. The third kappa shape index (κ3) is 6.29. The second-order valence-electron chi connectivity index (χ2n) is 12.1. The molecular weight excluding hydrogens is 550 g/mol. The number of piperidine rings is 1. The number of rotatable bonds is 9. The van der Waals surface area contributed by atoms with Gasteiger partial charge in [-0.15, -0.1) is 0 Å². The van der Waals surface area contributed by atoms with E-state index in [4.69, 9.17) is 28.8 Å². The van der Waals surface area contributed by atoms with Crippen LogP contribution in [-0.2, 0) is 34.1 Å². The van der Waals surface area contributed by atoms with Gasteiger partial charge in [0.25, 0.3) is 0 Å². The van der Waals surface area contributed by atoms with Crippen molar-refractivity contribution in [3.63, 3.8) is 0 Å². The molecule has 0 aromatic heterocycles. The molecule has 0 radical (unpaired) electrons. The summed E-state index contributed by atoms with van der Waals surface area (Å²) in [4.78, 5) is 35.4. The van der Waals surface area contributed by atoms with E-state index in [-0.39, 0.29) is 18.6 Å². The first-order chi connectivity index (χ1) is 21.0. The molecule has 3 unspecified atom stereocenters. The van der Waals surface area contributed by atoms with Crippen LogP contribution in [0.15, 0.2) is 60.7 Å². The van der Waals surface area contributed by atoms with Gasteiger partial charge in [-0.1, -0.05) is 67.1 Å². The monoisotopic (exact) mass is 593 g/mol. The van der Waals surface area contributed by atoms with E-state index < -0.39 is 30.5 Å². The fourth-order valence-electron chi connectivity index (χ4n) is 7.82. The van der Waals surface area contributed by atoms with Gasteiger partial charge in [0, 0.05) is 50.9 Å². The van der Waals surface area contributed by atoms with Crippen LogP contribution in [0.2, 0.25) is 0 Å². The van der Waals surface area contributed by atoms with Crippen LogP contribution in [0.1, 0.15) is 75.8 Å². The van der Waals surface area contributed by atoms with Crippen LogP contribution in [0.25, 0.3) is 0 Å². The lowest BCUT2D eigenvalue weighted by Gasteiger charge is -2.47. The summed E-state index contributed by atoms with van der Waals surface area (Å²) < 4.78 is 25.4. The van der Waals surface area contributed by atoms with Gasteiger partial charge >= 0.3 is 12.1 Å². The van der Waals surface area contributed by atoms with Crippen LogP contribution in [0.4, 0.5) is 4.79 Å². The Morgan fingerprint density at radius 3 is 1.91 bits per heavy atom. The Kier molecular flexibility index (Phi) is 10.0. The van der Waals surface area contributed by atoms with Crippen LogP contribution in [-0.4, -0.2) is 67.3 Å². The summed E-state index contributed by atoms with van der Waals surface area (Å²) in [6, 6.07) is 20.1. The molecule has 3 heterocycles. The summed E-state index contributed by atoms with van der Waals surface area (Å²) in [5.74, 6) is -0.463. The quantitative estimate of drug-likeness (QED) is 0.181. The zero-order valence-electron chi connectivity index (χ0n) is 24.9. The Morgan fingerprint density at radius 1 is 0.907 bits per heavy atom. The molecule has 3 atom stereocenters. The largest absolute Gasteiger partial charge is 0.554 e. The van der Waals surface area contributed by atoms with Crippen molar-refractivity contribution in [1.82, 2.24) is 0 Å². The lowest BCUT2D eigenvalue weighted by Crippen LogP contribution is -2.60. The fourth-order valence-corrected chi connectivity index (χ4v) is 7.82. The third-order valence-corrected chi connectivity index (χ3v) is 9.98. The summed E-state index contributed by atoms with van der Waals surface area (Å²) in [6.45, 7) is 3.98. The highest BCUT2D eigenvalue weighted by Gasteiger charge is 2.57. The van der Waals surface area contributed by atoms with Crippen molar-refractivity contribution in [1.29, 1.82) is 0 Å². The highest BCUT2D eigenvalue weighted by molar-refractivity contribution is 5.86. The highest BCUT2D eigenvalue weighted by atomic mass is 16.8. The second kappa shape index (κ2) is 13.9. The molecule has 1 aliphatic carbocycles. The number of quaternary nitrogens is 1. The lowest BCUT2D eigenvalue weighted by molar-refractivity contribution is -0.956. The average Bonchev–Trinajstić information content (AvgIpc) is 3.53. The Labute approximate surface area is 253 Å². The van der Waals surface area contributed by atoms with Gasteiger partial charge in [-0.3, -0.25) is 0 Å². The number of hydrogen-bond donors (Lipinski definition) is 0. The summed E-state index contributed by atoms with van der Waals surface area (Å²) in [7, 11) is 0. The van der Waals surface area contributed by atoms with E-state index in [0.717, 1.165) is 32.1 Å². The third-order valence-electron chi connectivity index (χ3n) is 9.98. The van der Waals surface area contributed by atoms with E-state index in [1.807, 2.05) is 60.7 Å². The molecule has 1 saturated carbocycles. The van der Waals surface area contributed by atoms with Crippen LogP contribution in [0.3, 0.4) is 0 Å². The van der Waals surface area contributed by atoms with E-state index in [0.29, 0.717) is 23.2 Å². The van der Waals surface area contributed by atoms with E-state index in [2.05, 4.69) is 0 Å². The minimum Gasteiger partial charge on any atom is -0.554 e. The van der Waals surface area contributed by atoms with Crippen LogP contribution >= 0.6 is 0 Å². The first-order valence-corrected chi connectivity index (χ1v) is 15.7. The predicted octanol–water partition coefficient (Wildman–Crippen LogP) is 4.46. The van der Waals surface area contributed by atoms with Gasteiger partial charge in [-0.2, -0.15) is 0 Å². The Hall–Kier alpha value is -3.43. The summed E-state index contributed by atoms with van der Waals surface area (Å²) in [5.41, 5.74) is -0.277. The molecule has 9 nitrogen and oxygen atoms in total. The Bertz CT molecular complexity index is 1160. The standard InChI is InChI=1S/C33H42NO6.CH2O2/c1-2-37-32(36)39-30(24-12-11-13-24)40-33(25-14-5-3-6-15-25,26-16-7-4-8-17-26)31(35)38-29-22-27-18-19-28(23-29)34(27)20-9-10-21-34;2-1-3/h3-8,14-17,24,27-30H,2,9-13,18-23H2,1H3;1H,(H,2,3)/q+1;/p-1. The van der Waals surface area contributed by atoms with Crippen molar-refractivity contribution in [2.24, 2.45) is 5.92 Å². The minimum atomic E-state index is -1.59. The van der Waals surface area contributed by atoms with Crippen molar-refractivity contribution < 1.29 is 42.9 Å². The number of carboxylic acid groups (broad SMARTS) is 1. The number of hydrogen-bond acceptors (Lipinski definition) is 8. The van der Waals surface area contributed by atoms with E-state index >= 15 is 0 Å². The second-order valence-corrected chi connectivity index (χ2v) is 12.1. The number of carbonyl (C=O) groups excluding carboxylic acids is 3. The fraction of sp³-hybridized carbons (Fsp3) is 0.559. The molecule has 3 saturated heterocycles. The number of esters is 1. The van der Waals surface area contributed by atoms with Gasteiger partial charge in [0.05, 0.1) is 31.8 Å². The van der Waals surface area contributed by atoms with E-state index in [1.54, 1.807) is 6.92 Å². The van der Waals surface area contributed by atoms with Crippen molar-refractivity contribution in [2.45, 2.75) is 94.8 Å². The maximum Gasteiger partial charge on any atom is 0.510 e. The van der Waals surface area contributed by atoms with E-state index in [1.165, 1.54) is 43.3 Å². The summed E-state index contributed by atoms with van der Waals surface area (Å²) in [6.07, 6.45) is 7.68. The number of nitrogens with zero attached hydrogens (tertiary/aromatic N) is 1. The van der Waals surface area contributed by atoms with Gasteiger partial charge in [-0.05, 0) is 30.9 Å². The average molecular weight is 594 g/mol. The molecule has 3 aliphatic heterocycles. The maximum absolute atomic E-state index is 14.6. The molecule has 4 aliphatic rings. The van der Waals surface area contributed by atoms with Crippen molar-refractivity contribution in [3.8, 4) is 0 Å². The predicted molar refractivity (Wildman–Crippen MR) is 155 cm³/mol. The highest BCUT2D eigenvalue weighted by Crippen LogP contribution is 2.47. The number of ether oxygens (including phenoxy) is 4. The molecule has 2 aromatic rings. The van der Waals surface area contributed by atoms with Gasteiger partial charge in [0.1, 0.15) is 6.10 Å². The smallest absolute Gasteiger partial charge is 0.510 e. The Balaban J connectivity index is 0.00000118. The topological polar surface area (TPSA) is 111 Å². The number of benzene rings is 2. The van der Waals surface area contributed by atoms with Crippen LogP contribution in [0.5, 0.6) is 0 Å². The first-order valence-electron chi connectivity index (χ1n) is 15.7. The van der Waals surface area contributed by atoms with Gasteiger partial charge in [-0.25, -0.2) is 9.59 Å². The lowest BCUT2D eigenvalue weighted by atomic mass is 9.82. The molecule has 0 amide bonds. The van der Waals surface area contributed by atoms with Crippen LogP contribution in [0, 0.1) is 5.92 Å². The van der Waals surface area contributed by atoms with Gasteiger partial charge < -0.3 is 33.3 Å². The van der Waals surface area contributed by atoms with E-state index in [9.17, 15) is 9.59 Å². The van der Waals surface area contributed by atoms with Gasteiger partial charge in [0.2, 0.25) is 11.9 Å². The molecule has 43 heavy (non-hydrogen) atoms. The maximum atomic E-state index is 14.6. The number of carbonyl (C=O) groups is 3. The molecule has 6 rings (SSSR count). The molecule has 2 aromatic carbocycles. The van der Waals surface area contributed by atoms with Crippen molar-refractivity contribution >= 4 is 18.6 Å². The molecular formula is C34H43NO8. The minimum absolute atomic E-state index is 0.0194. The summed E-state index contributed by atoms with van der Waals surface area (Å²) in [5, 5.41) is 8.25. The summed E-state index contributed by atoms with van der Waals surface area (Å²) >= 11 is 0. The van der Waals surface area contributed by atoms with Gasteiger partial charge in [0.15, 0.2) is 0 Å². The molecule has 232 valence electrons. The van der Waals surface area contributed by atoms with Crippen LogP contribution < -0.4 is 5.11 Å². The van der Waals surface area contributed by atoms with Crippen molar-refractivity contribution in [3.05, 3.63) is 71.8 Å². The molecule has 1 spiro atoms. The molecule has 2 bridgehead atoms. The van der Waals surface area contributed by atoms with Crippen molar-refractivity contribution in [2.75, 3.05) is 19.7 Å². The zero-order valence-corrected chi connectivity index (χ0v) is 24.9. The first kappa shape index (κ1) is 31.0. The molecule has 4 fully saturated rings. The molecule has 9 heteroatoms. The molecule has 0 N–H and O–H groups in total.